The van der Waals surface area contributed by atoms with Crippen molar-refractivity contribution in [1.29, 1.82) is 0 Å². The fourth-order valence-electron chi connectivity index (χ4n) is 3.60. The van der Waals surface area contributed by atoms with Crippen LogP contribution in [0.3, 0.4) is 0 Å². The molecule has 6 nitrogen and oxygen atoms in total. The van der Waals surface area contributed by atoms with Crippen LogP contribution in [0.2, 0.25) is 0 Å². The lowest BCUT2D eigenvalue weighted by Crippen LogP contribution is -2.30. The van der Waals surface area contributed by atoms with Gasteiger partial charge < -0.3 is 10.1 Å². The summed E-state index contributed by atoms with van der Waals surface area (Å²) in [4.78, 5) is 12.5. The molecule has 0 radical (unpaired) electrons. The molecule has 180 valence electrons. The van der Waals surface area contributed by atoms with Crippen molar-refractivity contribution in [2.45, 2.75) is 33.2 Å². The monoisotopic (exact) mass is 480 g/mol. The number of hydrogen-bond donors (Lipinski definition) is 1. The predicted molar refractivity (Wildman–Crippen MR) is 137 cm³/mol. The number of aryl methyl sites for hydroxylation is 2. The molecule has 0 aliphatic heterocycles. The van der Waals surface area contributed by atoms with E-state index in [4.69, 9.17) is 4.74 Å². The molecule has 0 heterocycles. The molecule has 1 amide bonds. The van der Waals surface area contributed by atoms with Crippen LogP contribution in [0.5, 0.6) is 5.75 Å². The Labute approximate surface area is 202 Å². The zero-order valence-electron chi connectivity index (χ0n) is 20.0. The van der Waals surface area contributed by atoms with Crippen LogP contribution in [0.15, 0.2) is 72.8 Å². The number of ether oxygens (including phenoxy) is 1. The van der Waals surface area contributed by atoms with E-state index in [9.17, 15) is 13.2 Å². The predicted octanol–water partition coefficient (Wildman–Crippen LogP) is 4.72. The number of carbonyl (C=O) groups is 1. The molecule has 3 aromatic carbocycles. The minimum Gasteiger partial charge on any atom is -0.492 e. The number of amides is 1. The lowest BCUT2D eigenvalue weighted by Gasteiger charge is -2.23. The Morgan fingerprint density at radius 2 is 1.65 bits per heavy atom. The van der Waals surface area contributed by atoms with Crippen LogP contribution in [-0.2, 0) is 23.0 Å². The smallest absolute Gasteiger partial charge is 0.251 e. The number of benzene rings is 3. The highest BCUT2D eigenvalue weighted by Crippen LogP contribution is 2.22. The molecule has 0 fully saturated rings. The van der Waals surface area contributed by atoms with E-state index in [2.05, 4.69) is 24.4 Å². The SMILES string of the molecule is CCCc1ccc(OCCNC(=O)c2ccc(N(Cc3ccccc3C)S(C)(=O)=O)cc2)cc1. The van der Waals surface area contributed by atoms with E-state index in [0.29, 0.717) is 24.4 Å². The molecule has 0 atom stereocenters. The van der Waals surface area contributed by atoms with Crippen molar-refractivity contribution in [3.63, 3.8) is 0 Å². The molecule has 0 aliphatic carbocycles. The van der Waals surface area contributed by atoms with Crippen LogP contribution < -0.4 is 14.4 Å². The average molecular weight is 481 g/mol. The molecule has 34 heavy (non-hydrogen) atoms. The van der Waals surface area contributed by atoms with E-state index < -0.39 is 10.0 Å². The highest BCUT2D eigenvalue weighted by atomic mass is 32.2. The summed E-state index contributed by atoms with van der Waals surface area (Å²) in [6.45, 7) is 5.05. The first-order valence-electron chi connectivity index (χ1n) is 11.4. The molecule has 3 aromatic rings. The Morgan fingerprint density at radius 3 is 2.26 bits per heavy atom. The molecule has 0 spiro atoms. The summed E-state index contributed by atoms with van der Waals surface area (Å²) >= 11 is 0. The van der Waals surface area contributed by atoms with Gasteiger partial charge in [0, 0.05) is 5.56 Å². The van der Waals surface area contributed by atoms with Crippen LogP contribution in [0.1, 0.15) is 40.4 Å². The number of carbonyl (C=O) groups excluding carboxylic acids is 1. The quantitative estimate of drug-likeness (QED) is 0.403. The summed E-state index contributed by atoms with van der Waals surface area (Å²) in [6.07, 6.45) is 3.33. The van der Waals surface area contributed by atoms with E-state index in [1.807, 2.05) is 43.3 Å². The van der Waals surface area contributed by atoms with E-state index in [1.54, 1.807) is 24.3 Å². The van der Waals surface area contributed by atoms with Crippen LogP contribution in [0.4, 0.5) is 5.69 Å². The lowest BCUT2D eigenvalue weighted by molar-refractivity contribution is 0.0947. The molecule has 3 rings (SSSR count). The van der Waals surface area contributed by atoms with Gasteiger partial charge in [-0.3, -0.25) is 9.10 Å². The van der Waals surface area contributed by atoms with Gasteiger partial charge in [-0.2, -0.15) is 0 Å². The minimum absolute atomic E-state index is 0.230. The molecule has 0 aliphatic rings. The molecule has 0 saturated heterocycles. The third-order valence-corrected chi connectivity index (χ3v) is 6.65. The summed E-state index contributed by atoms with van der Waals surface area (Å²) in [7, 11) is -3.50. The summed E-state index contributed by atoms with van der Waals surface area (Å²) in [5, 5.41) is 2.83. The largest absolute Gasteiger partial charge is 0.492 e. The van der Waals surface area contributed by atoms with E-state index in [-0.39, 0.29) is 12.5 Å². The zero-order chi connectivity index (χ0) is 24.6. The molecule has 0 bridgehead atoms. The van der Waals surface area contributed by atoms with Gasteiger partial charge in [-0.1, -0.05) is 49.7 Å². The maximum atomic E-state index is 12.5. The molecular weight excluding hydrogens is 448 g/mol. The van der Waals surface area contributed by atoms with Gasteiger partial charge in [0.2, 0.25) is 10.0 Å². The number of hydrogen-bond acceptors (Lipinski definition) is 4. The minimum atomic E-state index is -3.50. The van der Waals surface area contributed by atoms with Gasteiger partial charge in [-0.15, -0.1) is 0 Å². The van der Waals surface area contributed by atoms with E-state index in [1.165, 1.54) is 16.1 Å². The standard InChI is InChI=1S/C27H32N2O4S/c1-4-7-22-10-16-26(17-11-22)33-19-18-28-27(30)23-12-14-25(15-13-23)29(34(3,31)32)20-24-9-6-5-8-21(24)2/h5-6,8-17H,4,7,18-20H2,1-3H3,(H,28,30). The molecule has 0 unspecified atom stereocenters. The summed E-state index contributed by atoms with van der Waals surface area (Å²) in [5.74, 6) is 0.534. The summed E-state index contributed by atoms with van der Waals surface area (Å²) in [6, 6.07) is 22.2. The first-order chi connectivity index (χ1) is 16.3. The van der Waals surface area contributed by atoms with Crippen LogP contribution in [0, 0.1) is 6.92 Å². The second kappa shape index (κ2) is 11.7. The Hall–Kier alpha value is -3.32. The average Bonchev–Trinajstić information content (AvgIpc) is 2.82. The van der Waals surface area contributed by atoms with Crippen LogP contribution in [0.25, 0.3) is 0 Å². The maximum absolute atomic E-state index is 12.5. The zero-order valence-corrected chi connectivity index (χ0v) is 20.8. The van der Waals surface area contributed by atoms with Crippen LogP contribution in [-0.4, -0.2) is 33.7 Å². The number of nitrogens with zero attached hydrogens (tertiary/aromatic N) is 1. The van der Waals surface area contributed by atoms with Crippen molar-refractivity contribution >= 4 is 21.6 Å². The van der Waals surface area contributed by atoms with Gasteiger partial charge in [0.25, 0.3) is 5.91 Å². The topological polar surface area (TPSA) is 75.7 Å². The van der Waals surface area contributed by atoms with Crippen molar-refractivity contribution in [2.75, 3.05) is 23.7 Å². The van der Waals surface area contributed by atoms with Gasteiger partial charge >= 0.3 is 0 Å². The van der Waals surface area contributed by atoms with Gasteiger partial charge in [-0.05, 0) is 66.4 Å². The second-order valence-corrected chi connectivity index (χ2v) is 10.1. The summed E-state index contributed by atoms with van der Waals surface area (Å²) in [5.41, 5.74) is 4.19. The second-order valence-electron chi connectivity index (χ2n) is 8.24. The first kappa shape index (κ1) is 25.3. The Kier molecular flexibility index (Phi) is 8.71. The number of rotatable bonds is 11. The third-order valence-electron chi connectivity index (χ3n) is 5.51. The van der Waals surface area contributed by atoms with E-state index >= 15 is 0 Å². The molecule has 0 saturated carbocycles. The lowest BCUT2D eigenvalue weighted by atomic mass is 10.1. The van der Waals surface area contributed by atoms with Crippen molar-refractivity contribution in [3.8, 4) is 5.75 Å². The van der Waals surface area contributed by atoms with Crippen LogP contribution >= 0.6 is 0 Å². The number of nitrogens with one attached hydrogen (secondary N) is 1. The molecule has 1 N–H and O–H groups in total. The van der Waals surface area contributed by atoms with Gasteiger partial charge in [0.05, 0.1) is 25.0 Å². The highest BCUT2D eigenvalue weighted by Gasteiger charge is 2.19. The van der Waals surface area contributed by atoms with Gasteiger partial charge in [0.1, 0.15) is 12.4 Å². The molecular formula is C27H32N2O4S. The highest BCUT2D eigenvalue weighted by molar-refractivity contribution is 7.92. The maximum Gasteiger partial charge on any atom is 0.251 e. The van der Waals surface area contributed by atoms with Crippen molar-refractivity contribution in [2.24, 2.45) is 0 Å². The van der Waals surface area contributed by atoms with Crippen molar-refractivity contribution in [1.82, 2.24) is 5.32 Å². The number of sulfonamides is 1. The Balaban J connectivity index is 1.56. The van der Waals surface area contributed by atoms with Crippen molar-refractivity contribution in [3.05, 3.63) is 95.1 Å². The van der Waals surface area contributed by atoms with Gasteiger partial charge in [-0.25, -0.2) is 8.42 Å². The van der Waals surface area contributed by atoms with Crippen molar-refractivity contribution < 1.29 is 17.9 Å². The fraction of sp³-hybridized carbons (Fsp3) is 0.296. The third kappa shape index (κ3) is 7.09. The first-order valence-corrected chi connectivity index (χ1v) is 13.2. The Bertz CT molecular complexity index is 1190. The molecule has 7 heteroatoms. The normalized spacial score (nSPS) is 11.1. The molecule has 0 aromatic heterocycles. The summed E-state index contributed by atoms with van der Waals surface area (Å²) < 4.78 is 31.9. The fourth-order valence-corrected chi connectivity index (χ4v) is 4.48. The van der Waals surface area contributed by atoms with Gasteiger partial charge in [0.15, 0.2) is 0 Å². The van der Waals surface area contributed by atoms with E-state index in [0.717, 1.165) is 29.7 Å². The Morgan fingerprint density at radius 1 is 0.971 bits per heavy atom. The number of anilines is 1.